The fraction of sp³-hybridized carbons (Fsp3) is 0.550. The van der Waals surface area contributed by atoms with Gasteiger partial charge >= 0.3 is 0 Å². The third kappa shape index (κ3) is 3.35. The van der Waals surface area contributed by atoms with E-state index in [0.29, 0.717) is 5.92 Å². The van der Waals surface area contributed by atoms with E-state index in [-0.39, 0.29) is 5.54 Å². The van der Waals surface area contributed by atoms with Crippen molar-refractivity contribution in [2.75, 3.05) is 6.54 Å². The summed E-state index contributed by atoms with van der Waals surface area (Å²) in [5, 5.41) is 5.07. The summed E-state index contributed by atoms with van der Waals surface area (Å²) in [6, 6.07) is 10.7. The number of nitrogens with zero attached hydrogens (tertiary/aromatic N) is 2. The summed E-state index contributed by atoms with van der Waals surface area (Å²) in [5.74, 6) is 0.582. The highest BCUT2D eigenvalue weighted by molar-refractivity contribution is 5.36. The molecule has 1 heterocycles. The standard InChI is InChI=1S/C20H29N3/c1-20(2,3)23-18-11-7-10-16(12-13-21)19(18)17(22-23)14-15-8-5-4-6-9-15/h4-6,8-9,16H,7,10-14,21H2,1-3H3. The predicted molar refractivity (Wildman–Crippen MR) is 95.8 cm³/mol. The van der Waals surface area contributed by atoms with Crippen LogP contribution in [0.2, 0.25) is 0 Å². The SMILES string of the molecule is CC(C)(C)n1nc(Cc2ccccc2)c2c1CCCC2CCN. The van der Waals surface area contributed by atoms with E-state index in [4.69, 9.17) is 10.8 Å². The highest BCUT2D eigenvalue weighted by Gasteiger charge is 2.31. The number of hydrogen-bond acceptors (Lipinski definition) is 2. The van der Waals surface area contributed by atoms with E-state index < -0.39 is 0 Å². The maximum atomic E-state index is 5.88. The minimum atomic E-state index is 0.0314. The van der Waals surface area contributed by atoms with Gasteiger partial charge in [0.25, 0.3) is 0 Å². The van der Waals surface area contributed by atoms with Crippen LogP contribution >= 0.6 is 0 Å². The molecule has 0 aliphatic heterocycles. The molecule has 1 unspecified atom stereocenters. The van der Waals surface area contributed by atoms with Gasteiger partial charge in [0.2, 0.25) is 0 Å². The van der Waals surface area contributed by atoms with Crippen molar-refractivity contribution in [3.63, 3.8) is 0 Å². The van der Waals surface area contributed by atoms with Crippen molar-refractivity contribution in [1.29, 1.82) is 0 Å². The highest BCUT2D eigenvalue weighted by atomic mass is 15.3. The average Bonchev–Trinajstić information content (AvgIpc) is 2.89. The number of benzene rings is 1. The quantitative estimate of drug-likeness (QED) is 0.927. The monoisotopic (exact) mass is 311 g/mol. The Morgan fingerprint density at radius 2 is 1.96 bits per heavy atom. The van der Waals surface area contributed by atoms with Crippen LogP contribution in [0, 0.1) is 0 Å². The average molecular weight is 311 g/mol. The number of hydrogen-bond donors (Lipinski definition) is 1. The normalized spacial score (nSPS) is 18.0. The molecule has 0 saturated carbocycles. The summed E-state index contributed by atoms with van der Waals surface area (Å²) >= 11 is 0. The van der Waals surface area contributed by atoms with Gasteiger partial charge in [-0.05, 0) is 64.5 Å². The molecule has 0 bridgehead atoms. The summed E-state index contributed by atoms with van der Waals surface area (Å²) < 4.78 is 2.28. The van der Waals surface area contributed by atoms with Crippen molar-refractivity contribution >= 4 is 0 Å². The summed E-state index contributed by atoms with van der Waals surface area (Å²) in [5.41, 5.74) is 11.5. The van der Waals surface area contributed by atoms with Crippen molar-refractivity contribution in [1.82, 2.24) is 9.78 Å². The first-order valence-electron chi connectivity index (χ1n) is 8.86. The van der Waals surface area contributed by atoms with Gasteiger partial charge in [-0.15, -0.1) is 0 Å². The lowest BCUT2D eigenvalue weighted by molar-refractivity contribution is 0.335. The van der Waals surface area contributed by atoms with Gasteiger partial charge < -0.3 is 5.73 Å². The Bertz CT molecular complexity index is 650. The second kappa shape index (κ2) is 6.48. The van der Waals surface area contributed by atoms with E-state index in [0.717, 1.165) is 25.8 Å². The first-order chi connectivity index (χ1) is 11.0. The van der Waals surface area contributed by atoms with Crippen LogP contribution < -0.4 is 5.73 Å². The summed E-state index contributed by atoms with van der Waals surface area (Å²) in [4.78, 5) is 0. The molecule has 1 aliphatic carbocycles. The van der Waals surface area contributed by atoms with Gasteiger partial charge in [0.05, 0.1) is 11.2 Å². The molecule has 2 aromatic rings. The Morgan fingerprint density at radius 1 is 1.22 bits per heavy atom. The first kappa shape index (κ1) is 16.3. The van der Waals surface area contributed by atoms with Crippen LogP contribution in [0.1, 0.15) is 68.5 Å². The Hall–Kier alpha value is -1.61. The molecule has 0 spiro atoms. The molecule has 1 aliphatic rings. The number of nitrogens with two attached hydrogens (primary N) is 1. The van der Waals surface area contributed by atoms with Crippen molar-refractivity contribution in [3.8, 4) is 0 Å². The van der Waals surface area contributed by atoms with Gasteiger partial charge in [-0.2, -0.15) is 5.10 Å². The van der Waals surface area contributed by atoms with Gasteiger partial charge in [0, 0.05) is 17.7 Å². The summed E-state index contributed by atoms with van der Waals surface area (Å²) in [7, 11) is 0. The molecular weight excluding hydrogens is 282 g/mol. The van der Waals surface area contributed by atoms with E-state index in [2.05, 4.69) is 55.8 Å². The lowest BCUT2D eigenvalue weighted by atomic mass is 9.82. The second-order valence-electron chi connectivity index (χ2n) is 7.72. The molecule has 0 radical (unpaired) electrons. The third-order valence-electron chi connectivity index (χ3n) is 4.84. The fourth-order valence-corrected chi connectivity index (χ4v) is 3.85. The van der Waals surface area contributed by atoms with Crippen molar-refractivity contribution < 1.29 is 0 Å². The number of fused-ring (bicyclic) bond motifs is 1. The minimum absolute atomic E-state index is 0.0314. The van der Waals surface area contributed by atoms with Crippen LogP contribution in [-0.2, 0) is 18.4 Å². The molecule has 3 rings (SSSR count). The number of rotatable bonds is 4. The van der Waals surface area contributed by atoms with E-state index in [1.54, 1.807) is 0 Å². The van der Waals surface area contributed by atoms with E-state index in [1.165, 1.54) is 35.4 Å². The molecule has 3 nitrogen and oxygen atoms in total. The molecule has 0 amide bonds. The molecule has 23 heavy (non-hydrogen) atoms. The smallest absolute Gasteiger partial charge is 0.0706 e. The Labute approximate surface area is 139 Å². The van der Waals surface area contributed by atoms with Crippen LogP contribution in [-0.4, -0.2) is 16.3 Å². The molecule has 1 aromatic heterocycles. The topological polar surface area (TPSA) is 43.8 Å². The summed E-state index contributed by atoms with van der Waals surface area (Å²) in [6.45, 7) is 7.51. The van der Waals surface area contributed by atoms with Crippen LogP contribution in [0.5, 0.6) is 0 Å². The lowest BCUT2D eigenvalue weighted by Crippen LogP contribution is -2.27. The molecule has 1 atom stereocenters. The van der Waals surface area contributed by atoms with Crippen LogP contribution in [0.4, 0.5) is 0 Å². The molecule has 1 aromatic carbocycles. The van der Waals surface area contributed by atoms with Crippen LogP contribution in [0.3, 0.4) is 0 Å². The van der Waals surface area contributed by atoms with E-state index >= 15 is 0 Å². The zero-order valence-electron chi connectivity index (χ0n) is 14.7. The molecule has 3 heteroatoms. The number of aromatic nitrogens is 2. The summed E-state index contributed by atoms with van der Waals surface area (Å²) in [6.07, 6.45) is 5.65. The Balaban J connectivity index is 2.06. The molecule has 124 valence electrons. The second-order valence-corrected chi connectivity index (χ2v) is 7.72. The zero-order valence-corrected chi connectivity index (χ0v) is 14.7. The molecule has 0 fully saturated rings. The largest absolute Gasteiger partial charge is 0.330 e. The maximum absolute atomic E-state index is 5.88. The van der Waals surface area contributed by atoms with Crippen molar-refractivity contribution in [3.05, 3.63) is 52.8 Å². The van der Waals surface area contributed by atoms with Crippen molar-refractivity contribution in [2.45, 2.75) is 64.3 Å². The molecule has 2 N–H and O–H groups in total. The van der Waals surface area contributed by atoms with Gasteiger partial charge in [-0.1, -0.05) is 30.3 Å². The highest BCUT2D eigenvalue weighted by Crippen LogP contribution is 2.38. The first-order valence-corrected chi connectivity index (χ1v) is 8.86. The fourth-order valence-electron chi connectivity index (χ4n) is 3.85. The maximum Gasteiger partial charge on any atom is 0.0706 e. The van der Waals surface area contributed by atoms with Gasteiger partial charge in [0.1, 0.15) is 0 Å². The van der Waals surface area contributed by atoms with Crippen LogP contribution in [0.15, 0.2) is 30.3 Å². The lowest BCUT2D eigenvalue weighted by Gasteiger charge is -2.27. The van der Waals surface area contributed by atoms with E-state index in [9.17, 15) is 0 Å². The van der Waals surface area contributed by atoms with E-state index in [1.807, 2.05) is 0 Å². The van der Waals surface area contributed by atoms with Gasteiger partial charge in [-0.25, -0.2) is 0 Å². The third-order valence-corrected chi connectivity index (χ3v) is 4.84. The molecule has 0 saturated heterocycles. The van der Waals surface area contributed by atoms with Crippen molar-refractivity contribution in [2.24, 2.45) is 5.73 Å². The van der Waals surface area contributed by atoms with Gasteiger partial charge in [-0.3, -0.25) is 4.68 Å². The van der Waals surface area contributed by atoms with Crippen LogP contribution in [0.25, 0.3) is 0 Å². The zero-order chi connectivity index (χ0) is 16.4. The Kier molecular flexibility index (Phi) is 4.58. The van der Waals surface area contributed by atoms with Gasteiger partial charge in [0.15, 0.2) is 0 Å². The molecular formula is C20H29N3. The Morgan fingerprint density at radius 3 is 2.61 bits per heavy atom. The minimum Gasteiger partial charge on any atom is -0.330 e. The predicted octanol–water partition coefficient (Wildman–Crippen LogP) is 4.00.